The highest BCUT2D eigenvalue weighted by Gasteiger charge is 2.10. The van der Waals surface area contributed by atoms with Gasteiger partial charge in [-0.1, -0.05) is 0 Å². The molecule has 0 aromatic carbocycles. The van der Waals surface area contributed by atoms with Gasteiger partial charge in [0.1, 0.15) is 6.54 Å². The maximum absolute atomic E-state index is 12.2. The summed E-state index contributed by atoms with van der Waals surface area (Å²) in [5.41, 5.74) is 6.34. The van der Waals surface area contributed by atoms with E-state index in [-0.39, 0.29) is 5.56 Å². The Morgan fingerprint density at radius 2 is 2.26 bits per heavy atom. The van der Waals surface area contributed by atoms with Crippen molar-refractivity contribution >= 4 is 17.3 Å². The standard InChI is InChI=1S/C11H11F2N5O/c12-10(13)6-18-5-7(3-16-18)17-9-1-2-15-4-8(9)11(14)19/h1-5,10H,6H2,(H2,14,19)(H,15,17). The summed E-state index contributed by atoms with van der Waals surface area (Å²) in [6.45, 7) is -0.485. The topological polar surface area (TPSA) is 85.8 Å². The minimum atomic E-state index is -2.48. The minimum absolute atomic E-state index is 0.212. The summed E-state index contributed by atoms with van der Waals surface area (Å²) in [7, 11) is 0. The van der Waals surface area contributed by atoms with Crippen LogP contribution in [0.25, 0.3) is 0 Å². The molecule has 0 radical (unpaired) electrons. The van der Waals surface area contributed by atoms with Crippen molar-refractivity contribution < 1.29 is 13.6 Å². The third-order valence-corrected chi connectivity index (χ3v) is 2.32. The van der Waals surface area contributed by atoms with Crippen LogP contribution in [-0.2, 0) is 6.54 Å². The molecule has 0 spiro atoms. The number of hydrogen-bond acceptors (Lipinski definition) is 4. The Balaban J connectivity index is 2.17. The molecule has 2 aromatic heterocycles. The number of pyridine rings is 1. The maximum Gasteiger partial charge on any atom is 0.257 e. The van der Waals surface area contributed by atoms with E-state index < -0.39 is 18.9 Å². The van der Waals surface area contributed by atoms with Crippen LogP contribution in [0.1, 0.15) is 10.4 Å². The lowest BCUT2D eigenvalue weighted by Gasteiger charge is -2.06. The highest BCUT2D eigenvalue weighted by Crippen LogP contribution is 2.19. The first kappa shape index (κ1) is 12.9. The van der Waals surface area contributed by atoms with E-state index in [1.165, 1.54) is 24.8 Å². The number of nitrogens with zero attached hydrogens (tertiary/aromatic N) is 3. The molecule has 1 amide bonds. The van der Waals surface area contributed by atoms with Crippen LogP contribution in [-0.4, -0.2) is 27.1 Å². The molecule has 0 fully saturated rings. The Hall–Kier alpha value is -2.51. The molecule has 0 atom stereocenters. The number of carbonyl (C=O) groups excluding carboxylic acids is 1. The third-order valence-electron chi connectivity index (χ3n) is 2.32. The van der Waals surface area contributed by atoms with E-state index in [2.05, 4.69) is 15.4 Å². The maximum atomic E-state index is 12.2. The second-order valence-electron chi connectivity index (χ2n) is 3.75. The van der Waals surface area contributed by atoms with Gasteiger partial charge in [0.2, 0.25) is 0 Å². The molecule has 0 aliphatic carbocycles. The number of nitrogens with one attached hydrogen (secondary N) is 1. The normalized spacial score (nSPS) is 10.7. The van der Waals surface area contributed by atoms with Crippen LogP contribution in [0.5, 0.6) is 0 Å². The molecule has 2 aromatic rings. The van der Waals surface area contributed by atoms with Crippen molar-refractivity contribution in [3.05, 3.63) is 36.4 Å². The lowest BCUT2D eigenvalue weighted by molar-refractivity contribution is 0.100. The van der Waals surface area contributed by atoms with Crippen molar-refractivity contribution in [3.63, 3.8) is 0 Å². The quantitative estimate of drug-likeness (QED) is 0.857. The molecule has 8 heteroatoms. The summed E-state index contributed by atoms with van der Waals surface area (Å²) in [4.78, 5) is 15.0. The number of rotatable bonds is 5. The van der Waals surface area contributed by atoms with E-state index in [0.717, 1.165) is 4.68 Å². The van der Waals surface area contributed by atoms with Crippen molar-refractivity contribution in [2.45, 2.75) is 13.0 Å². The third kappa shape index (κ3) is 3.24. The predicted molar refractivity (Wildman–Crippen MR) is 64.3 cm³/mol. The van der Waals surface area contributed by atoms with E-state index >= 15 is 0 Å². The zero-order chi connectivity index (χ0) is 13.8. The highest BCUT2D eigenvalue weighted by atomic mass is 19.3. The Morgan fingerprint density at radius 1 is 1.47 bits per heavy atom. The van der Waals surface area contributed by atoms with Gasteiger partial charge in [0.25, 0.3) is 12.3 Å². The van der Waals surface area contributed by atoms with Crippen molar-refractivity contribution in [2.75, 3.05) is 5.32 Å². The van der Waals surface area contributed by atoms with E-state index in [1.54, 1.807) is 6.07 Å². The van der Waals surface area contributed by atoms with Crippen molar-refractivity contribution in [1.82, 2.24) is 14.8 Å². The monoisotopic (exact) mass is 267 g/mol. The fourth-order valence-corrected chi connectivity index (χ4v) is 1.52. The summed E-state index contributed by atoms with van der Waals surface area (Å²) in [6.07, 6.45) is 3.13. The van der Waals surface area contributed by atoms with Gasteiger partial charge in [-0.05, 0) is 6.07 Å². The predicted octanol–water partition coefficient (Wildman–Crippen LogP) is 1.39. The molecule has 2 heterocycles. The van der Waals surface area contributed by atoms with Crippen molar-refractivity contribution in [3.8, 4) is 0 Å². The number of halogens is 2. The Labute approximate surface area is 107 Å². The molecule has 0 saturated heterocycles. The number of nitrogens with two attached hydrogens (primary N) is 1. The molecule has 0 saturated carbocycles. The fourth-order valence-electron chi connectivity index (χ4n) is 1.52. The Morgan fingerprint density at radius 3 is 2.95 bits per heavy atom. The molecular formula is C11H11F2N5O. The van der Waals surface area contributed by atoms with Gasteiger partial charge in [0.15, 0.2) is 0 Å². The zero-order valence-corrected chi connectivity index (χ0v) is 9.75. The van der Waals surface area contributed by atoms with Crippen LogP contribution < -0.4 is 11.1 Å². The highest BCUT2D eigenvalue weighted by molar-refractivity contribution is 5.98. The van der Waals surface area contributed by atoms with Gasteiger partial charge in [0.05, 0.1) is 23.1 Å². The molecule has 3 N–H and O–H groups in total. The van der Waals surface area contributed by atoms with E-state index in [0.29, 0.717) is 11.4 Å². The van der Waals surface area contributed by atoms with E-state index in [1.807, 2.05) is 0 Å². The van der Waals surface area contributed by atoms with Gasteiger partial charge in [-0.25, -0.2) is 8.78 Å². The van der Waals surface area contributed by atoms with Gasteiger partial charge < -0.3 is 11.1 Å². The number of aromatic nitrogens is 3. The minimum Gasteiger partial charge on any atom is -0.365 e. The first-order valence-electron chi connectivity index (χ1n) is 5.37. The lowest BCUT2D eigenvalue weighted by atomic mass is 10.2. The van der Waals surface area contributed by atoms with E-state index in [9.17, 15) is 13.6 Å². The number of hydrogen-bond donors (Lipinski definition) is 2. The second-order valence-corrected chi connectivity index (χ2v) is 3.75. The number of amides is 1. The molecule has 0 unspecified atom stereocenters. The van der Waals surface area contributed by atoms with Crippen LogP contribution in [0.15, 0.2) is 30.9 Å². The molecule has 19 heavy (non-hydrogen) atoms. The summed E-state index contributed by atoms with van der Waals surface area (Å²) in [5, 5.41) is 6.65. The van der Waals surface area contributed by atoms with Gasteiger partial charge in [-0.2, -0.15) is 5.10 Å². The fraction of sp³-hybridized carbons (Fsp3) is 0.182. The number of anilines is 2. The van der Waals surface area contributed by atoms with Gasteiger partial charge in [-0.3, -0.25) is 14.5 Å². The first-order chi connectivity index (χ1) is 9.06. The average Bonchev–Trinajstić information content (AvgIpc) is 2.76. The van der Waals surface area contributed by atoms with Crippen LogP contribution >= 0.6 is 0 Å². The van der Waals surface area contributed by atoms with Crippen molar-refractivity contribution in [1.29, 1.82) is 0 Å². The van der Waals surface area contributed by atoms with Gasteiger partial charge >= 0.3 is 0 Å². The molecular weight excluding hydrogens is 256 g/mol. The van der Waals surface area contributed by atoms with Crippen LogP contribution in [0.4, 0.5) is 20.2 Å². The van der Waals surface area contributed by atoms with Crippen LogP contribution in [0.3, 0.4) is 0 Å². The number of carbonyl (C=O) groups is 1. The smallest absolute Gasteiger partial charge is 0.257 e. The molecule has 0 bridgehead atoms. The van der Waals surface area contributed by atoms with Gasteiger partial charge in [-0.15, -0.1) is 0 Å². The molecule has 2 rings (SSSR count). The molecule has 6 nitrogen and oxygen atoms in total. The molecule has 0 aliphatic rings. The van der Waals surface area contributed by atoms with Crippen LogP contribution in [0.2, 0.25) is 0 Å². The lowest BCUT2D eigenvalue weighted by Crippen LogP contribution is -2.13. The SMILES string of the molecule is NC(=O)c1cnccc1Nc1cnn(CC(F)F)c1. The molecule has 0 aliphatic heterocycles. The van der Waals surface area contributed by atoms with Crippen molar-refractivity contribution in [2.24, 2.45) is 5.73 Å². The second kappa shape index (κ2) is 5.42. The van der Waals surface area contributed by atoms with E-state index in [4.69, 9.17) is 5.73 Å². The Kier molecular flexibility index (Phi) is 3.69. The van der Waals surface area contributed by atoms with Gasteiger partial charge in [0, 0.05) is 18.6 Å². The number of alkyl halides is 2. The summed E-state index contributed by atoms with van der Waals surface area (Å²) < 4.78 is 25.5. The van der Waals surface area contributed by atoms with Crippen LogP contribution in [0, 0.1) is 0 Å². The largest absolute Gasteiger partial charge is 0.365 e. The first-order valence-corrected chi connectivity index (χ1v) is 5.37. The summed E-state index contributed by atoms with van der Waals surface area (Å²) in [6, 6.07) is 1.56. The summed E-state index contributed by atoms with van der Waals surface area (Å²) >= 11 is 0. The number of primary amides is 1. The zero-order valence-electron chi connectivity index (χ0n) is 9.75. The molecule has 100 valence electrons. The Bertz CT molecular complexity index is 584. The average molecular weight is 267 g/mol. The summed E-state index contributed by atoms with van der Waals surface area (Å²) in [5.74, 6) is -0.629.